The van der Waals surface area contributed by atoms with Gasteiger partial charge in [0.2, 0.25) is 5.91 Å². The van der Waals surface area contributed by atoms with Crippen molar-refractivity contribution in [2.45, 2.75) is 26.3 Å². The van der Waals surface area contributed by atoms with E-state index in [-0.39, 0.29) is 11.4 Å². The summed E-state index contributed by atoms with van der Waals surface area (Å²) in [6.07, 6.45) is 3.13. The molecule has 92 valence electrons. The Kier molecular flexibility index (Phi) is 4.61. The summed E-state index contributed by atoms with van der Waals surface area (Å²) in [5.41, 5.74) is 0.519. The third-order valence-corrected chi connectivity index (χ3v) is 2.44. The molecule has 1 amide bonds. The zero-order valence-corrected chi connectivity index (χ0v) is 11.6. The van der Waals surface area contributed by atoms with Gasteiger partial charge >= 0.3 is 0 Å². The number of amides is 1. The van der Waals surface area contributed by atoms with Gasteiger partial charge in [0.05, 0.1) is 0 Å². The number of halogens is 2. The van der Waals surface area contributed by atoms with E-state index in [2.05, 4.69) is 5.32 Å². The summed E-state index contributed by atoms with van der Waals surface area (Å²) in [6, 6.07) is 5.14. The average molecular weight is 272 g/mol. The molecule has 0 aliphatic carbocycles. The first-order valence-electron chi connectivity index (χ1n) is 5.23. The number of carbonyl (C=O) groups excluding carboxylic acids is 1. The molecule has 0 saturated heterocycles. The number of benzene rings is 1. The van der Waals surface area contributed by atoms with E-state index in [1.165, 1.54) is 6.08 Å². The van der Waals surface area contributed by atoms with Gasteiger partial charge in [0.25, 0.3) is 0 Å². The highest BCUT2D eigenvalue weighted by atomic mass is 35.5. The molecule has 0 radical (unpaired) electrons. The first-order chi connectivity index (χ1) is 7.78. The predicted octanol–water partition coefficient (Wildman–Crippen LogP) is 3.92. The Bertz CT molecular complexity index is 447. The van der Waals surface area contributed by atoms with E-state index in [1.54, 1.807) is 24.3 Å². The Morgan fingerprint density at radius 1 is 1.29 bits per heavy atom. The van der Waals surface area contributed by atoms with Gasteiger partial charge in [0.1, 0.15) is 0 Å². The van der Waals surface area contributed by atoms with E-state index in [0.717, 1.165) is 5.56 Å². The summed E-state index contributed by atoms with van der Waals surface area (Å²) in [4.78, 5) is 11.5. The van der Waals surface area contributed by atoms with Crippen LogP contribution in [0.25, 0.3) is 6.08 Å². The minimum Gasteiger partial charge on any atom is -0.348 e. The maximum absolute atomic E-state index is 11.5. The summed E-state index contributed by atoms with van der Waals surface area (Å²) in [5, 5.41) is 3.93. The van der Waals surface area contributed by atoms with Crippen LogP contribution in [0, 0.1) is 0 Å². The molecule has 0 heterocycles. The van der Waals surface area contributed by atoms with Crippen molar-refractivity contribution in [1.82, 2.24) is 5.32 Å². The summed E-state index contributed by atoms with van der Waals surface area (Å²) in [7, 11) is 0. The Morgan fingerprint density at radius 2 is 1.94 bits per heavy atom. The Labute approximate surface area is 112 Å². The minimum atomic E-state index is -0.245. The smallest absolute Gasteiger partial charge is 0.244 e. The second-order valence-electron chi connectivity index (χ2n) is 4.74. The predicted molar refractivity (Wildman–Crippen MR) is 73.4 cm³/mol. The Balaban J connectivity index is 2.74. The molecule has 17 heavy (non-hydrogen) atoms. The molecule has 1 aromatic carbocycles. The molecule has 0 atom stereocenters. The lowest BCUT2D eigenvalue weighted by molar-refractivity contribution is -0.117. The standard InChI is InChI=1S/C13H15Cl2NO/c1-13(2,3)16-12(17)7-5-9-4-6-10(14)8-11(9)15/h4-8H,1-3H3,(H,16,17). The van der Waals surface area contributed by atoms with Crippen LogP contribution in [0.5, 0.6) is 0 Å². The van der Waals surface area contributed by atoms with E-state index < -0.39 is 0 Å². The number of rotatable bonds is 2. The highest BCUT2D eigenvalue weighted by molar-refractivity contribution is 6.35. The fourth-order valence-corrected chi connectivity index (χ4v) is 1.68. The normalized spacial score (nSPS) is 11.8. The van der Waals surface area contributed by atoms with E-state index in [0.29, 0.717) is 10.0 Å². The van der Waals surface area contributed by atoms with E-state index in [1.807, 2.05) is 20.8 Å². The topological polar surface area (TPSA) is 29.1 Å². The van der Waals surface area contributed by atoms with Gasteiger partial charge in [-0.15, -0.1) is 0 Å². The maximum Gasteiger partial charge on any atom is 0.244 e. The van der Waals surface area contributed by atoms with Crippen molar-refractivity contribution in [3.8, 4) is 0 Å². The molecule has 0 fully saturated rings. The van der Waals surface area contributed by atoms with Gasteiger partial charge in [0.15, 0.2) is 0 Å². The fourth-order valence-electron chi connectivity index (χ4n) is 1.21. The van der Waals surface area contributed by atoms with Gasteiger partial charge in [-0.2, -0.15) is 0 Å². The van der Waals surface area contributed by atoms with Crippen molar-refractivity contribution >= 4 is 35.2 Å². The molecule has 1 N–H and O–H groups in total. The van der Waals surface area contributed by atoms with Crippen LogP contribution >= 0.6 is 23.2 Å². The molecular formula is C13H15Cl2NO. The van der Waals surface area contributed by atoms with Crippen LogP contribution in [-0.2, 0) is 4.79 Å². The molecule has 0 unspecified atom stereocenters. The molecule has 1 aromatic rings. The van der Waals surface area contributed by atoms with Crippen molar-refractivity contribution in [3.05, 3.63) is 39.9 Å². The number of carbonyl (C=O) groups is 1. The number of hydrogen-bond acceptors (Lipinski definition) is 1. The van der Waals surface area contributed by atoms with E-state index in [9.17, 15) is 4.79 Å². The summed E-state index contributed by atoms with van der Waals surface area (Å²) in [5.74, 6) is -0.150. The maximum atomic E-state index is 11.5. The van der Waals surface area contributed by atoms with Crippen molar-refractivity contribution in [2.24, 2.45) is 0 Å². The third kappa shape index (κ3) is 5.24. The van der Waals surface area contributed by atoms with E-state index >= 15 is 0 Å². The Morgan fingerprint density at radius 3 is 2.47 bits per heavy atom. The molecule has 0 bridgehead atoms. The quantitative estimate of drug-likeness (QED) is 0.812. The van der Waals surface area contributed by atoms with Crippen LogP contribution in [-0.4, -0.2) is 11.4 Å². The molecular weight excluding hydrogens is 257 g/mol. The van der Waals surface area contributed by atoms with Gasteiger partial charge in [-0.1, -0.05) is 29.3 Å². The van der Waals surface area contributed by atoms with Gasteiger partial charge in [-0.05, 0) is 44.5 Å². The second-order valence-corrected chi connectivity index (χ2v) is 5.58. The van der Waals surface area contributed by atoms with Crippen molar-refractivity contribution < 1.29 is 4.79 Å². The molecule has 0 aromatic heterocycles. The van der Waals surface area contributed by atoms with Crippen molar-refractivity contribution in [2.75, 3.05) is 0 Å². The molecule has 4 heteroatoms. The first-order valence-corrected chi connectivity index (χ1v) is 5.99. The van der Waals surface area contributed by atoms with Gasteiger partial charge in [-0.3, -0.25) is 4.79 Å². The van der Waals surface area contributed by atoms with Crippen LogP contribution < -0.4 is 5.32 Å². The van der Waals surface area contributed by atoms with Crippen LogP contribution in [0.15, 0.2) is 24.3 Å². The SMILES string of the molecule is CC(C)(C)NC(=O)C=Cc1ccc(Cl)cc1Cl. The monoisotopic (exact) mass is 271 g/mol. The number of hydrogen-bond donors (Lipinski definition) is 1. The van der Waals surface area contributed by atoms with Crippen LogP contribution in [0.3, 0.4) is 0 Å². The molecule has 0 aliphatic rings. The summed E-state index contributed by atoms with van der Waals surface area (Å²) >= 11 is 11.8. The van der Waals surface area contributed by atoms with Crippen molar-refractivity contribution in [1.29, 1.82) is 0 Å². The molecule has 0 saturated carbocycles. The zero-order valence-electron chi connectivity index (χ0n) is 10.1. The molecule has 2 nitrogen and oxygen atoms in total. The summed E-state index contributed by atoms with van der Waals surface area (Å²) < 4.78 is 0. The zero-order chi connectivity index (χ0) is 13.1. The van der Waals surface area contributed by atoms with Crippen molar-refractivity contribution in [3.63, 3.8) is 0 Å². The van der Waals surface area contributed by atoms with Gasteiger partial charge in [-0.25, -0.2) is 0 Å². The lowest BCUT2D eigenvalue weighted by atomic mass is 10.1. The fraction of sp³-hybridized carbons (Fsp3) is 0.308. The van der Waals surface area contributed by atoms with E-state index in [4.69, 9.17) is 23.2 Å². The average Bonchev–Trinajstić information content (AvgIpc) is 2.13. The second kappa shape index (κ2) is 5.56. The highest BCUT2D eigenvalue weighted by Gasteiger charge is 2.11. The number of nitrogens with one attached hydrogen (secondary N) is 1. The third-order valence-electron chi connectivity index (χ3n) is 1.87. The summed E-state index contributed by atoms with van der Waals surface area (Å²) in [6.45, 7) is 5.77. The van der Waals surface area contributed by atoms with Crippen LogP contribution in [0.4, 0.5) is 0 Å². The highest BCUT2D eigenvalue weighted by Crippen LogP contribution is 2.21. The minimum absolute atomic E-state index is 0.150. The molecule has 0 spiro atoms. The van der Waals surface area contributed by atoms with Gasteiger partial charge < -0.3 is 5.32 Å². The van der Waals surface area contributed by atoms with Gasteiger partial charge in [0, 0.05) is 21.7 Å². The van der Waals surface area contributed by atoms with Crippen LogP contribution in [0.2, 0.25) is 10.0 Å². The first kappa shape index (κ1) is 14.1. The molecule has 0 aliphatic heterocycles. The molecule has 1 rings (SSSR count). The lowest BCUT2D eigenvalue weighted by Gasteiger charge is -2.18. The lowest BCUT2D eigenvalue weighted by Crippen LogP contribution is -2.39. The largest absolute Gasteiger partial charge is 0.348 e. The van der Waals surface area contributed by atoms with Crippen LogP contribution in [0.1, 0.15) is 26.3 Å². The Hall–Kier alpha value is -0.990.